The molecule has 1 aromatic heterocycles. The summed E-state index contributed by atoms with van der Waals surface area (Å²) in [5, 5.41) is 7.61. The Morgan fingerprint density at radius 3 is 2.70 bits per heavy atom. The van der Waals surface area contributed by atoms with Gasteiger partial charge in [-0.05, 0) is 6.92 Å². The fourth-order valence-electron chi connectivity index (χ4n) is 2.06. The van der Waals surface area contributed by atoms with Crippen LogP contribution >= 0.6 is 19.1 Å². The van der Waals surface area contributed by atoms with Crippen molar-refractivity contribution in [2.24, 2.45) is 5.16 Å². The molecule has 0 aromatic carbocycles. The van der Waals surface area contributed by atoms with Gasteiger partial charge in [-0.2, -0.15) is 0 Å². The summed E-state index contributed by atoms with van der Waals surface area (Å²) in [6.07, 6.45) is 0. The molecule has 0 spiro atoms. The van der Waals surface area contributed by atoms with Crippen LogP contribution in [0.5, 0.6) is 0 Å². The fourth-order valence-corrected chi connectivity index (χ4v) is 3.60. The predicted octanol–water partition coefficient (Wildman–Crippen LogP) is -1.12. The predicted molar refractivity (Wildman–Crippen MR) is 80.4 cm³/mol. The highest BCUT2D eigenvalue weighted by atomic mass is 32.1. The maximum absolute atomic E-state index is 12.2. The number of hydrogen-bond acceptors (Lipinski definition) is 8. The molecule has 0 radical (unpaired) electrons. The molecule has 1 unspecified atom stereocenters. The van der Waals surface area contributed by atoms with Crippen molar-refractivity contribution < 1.29 is 28.8 Å². The van der Waals surface area contributed by atoms with E-state index in [2.05, 4.69) is 20.3 Å². The van der Waals surface area contributed by atoms with Crippen LogP contribution in [0.4, 0.5) is 5.13 Å². The number of aromatic nitrogens is 1. The number of carbonyl (C=O) groups is 2. The van der Waals surface area contributed by atoms with Crippen LogP contribution in [0.2, 0.25) is 0 Å². The van der Waals surface area contributed by atoms with Crippen LogP contribution in [-0.4, -0.2) is 56.2 Å². The fraction of sp³-hybridized carbons (Fsp3) is 0.400. The van der Waals surface area contributed by atoms with E-state index in [9.17, 15) is 14.2 Å². The van der Waals surface area contributed by atoms with Gasteiger partial charge >= 0.3 is 7.75 Å². The number of carbonyl (C=O) groups excluding carboxylic acids is 2. The zero-order valence-electron chi connectivity index (χ0n) is 12.0. The largest absolute Gasteiger partial charge is 0.432 e. The van der Waals surface area contributed by atoms with Crippen LogP contribution in [-0.2, 0) is 19.0 Å². The van der Waals surface area contributed by atoms with Crippen molar-refractivity contribution in [3.05, 3.63) is 11.1 Å². The number of β-lactam (4-membered cyclic amide) rings is 1. The Morgan fingerprint density at radius 2 is 2.26 bits per heavy atom. The van der Waals surface area contributed by atoms with E-state index in [4.69, 9.17) is 15.5 Å². The highest BCUT2D eigenvalue weighted by Gasteiger charge is 2.53. The summed E-state index contributed by atoms with van der Waals surface area (Å²) in [7, 11) is -3.47. The second kappa shape index (κ2) is 6.24. The van der Waals surface area contributed by atoms with E-state index in [-0.39, 0.29) is 16.5 Å². The van der Waals surface area contributed by atoms with Crippen LogP contribution < -0.4 is 11.1 Å². The quantitative estimate of drug-likeness (QED) is 0.221. The first kappa shape index (κ1) is 17.3. The van der Waals surface area contributed by atoms with E-state index in [0.29, 0.717) is 4.67 Å². The van der Waals surface area contributed by atoms with Gasteiger partial charge < -0.3 is 25.7 Å². The second-order valence-corrected chi connectivity index (χ2v) is 6.93. The molecule has 23 heavy (non-hydrogen) atoms. The van der Waals surface area contributed by atoms with Crippen LogP contribution in [0.25, 0.3) is 0 Å². The van der Waals surface area contributed by atoms with E-state index in [1.807, 2.05) is 0 Å². The molecule has 2 heterocycles. The van der Waals surface area contributed by atoms with Crippen molar-refractivity contribution in [2.75, 3.05) is 12.8 Å². The van der Waals surface area contributed by atoms with Gasteiger partial charge in [0.1, 0.15) is 18.8 Å². The number of nitrogens with one attached hydrogen (secondary N) is 1. The molecule has 1 saturated heterocycles. The van der Waals surface area contributed by atoms with Gasteiger partial charge in [-0.25, -0.2) is 14.2 Å². The van der Waals surface area contributed by atoms with E-state index in [0.717, 1.165) is 11.3 Å². The van der Waals surface area contributed by atoms with Crippen molar-refractivity contribution in [3.8, 4) is 0 Å². The van der Waals surface area contributed by atoms with Gasteiger partial charge in [-0.15, -0.1) is 11.3 Å². The van der Waals surface area contributed by atoms with Gasteiger partial charge in [0.2, 0.25) is 0 Å². The Bertz CT molecular complexity index is 714. The number of anilines is 1. The van der Waals surface area contributed by atoms with Crippen LogP contribution in [0.1, 0.15) is 12.6 Å². The SMILES string of the molecule is CON=C(C(=O)N[C@@H]1C(=O)N(P(=O)(O)O)C1C)c1csc(N)n1. The lowest BCUT2D eigenvalue weighted by Gasteiger charge is -2.44. The average molecular weight is 363 g/mol. The number of rotatable bonds is 5. The number of amides is 2. The smallest absolute Gasteiger partial charge is 0.398 e. The first-order chi connectivity index (χ1) is 10.7. The normalized spacial score (nSPS) is 21.8. The number of nitrogens with zero attached hydrogens (tertiary/aromatic N) is 3. The van der Waals surface area contributed by atoms with E-state index < -0.39 is 31.6 Å². The highest BCUT2D eigenvalue weighted by Crippen LogP contribution is 2.47. The van der Waals surface area contributed by atoms with Gasteiger partial charge in [0.15, 0.2) is 10.8 Å². The summed E-state index contributed by atoms with van der Waals surface area (Å²) in [6, 6.07) is -1.94. The minimum atomic E-state index is -4.70. The number of nitrogen functional groups attached to an aromatic ring is 1. The zero-order valence-corrected chi connectivity index (χ0v) is 13.7. The molecule has 0 saturated carbocycles. The number of thiazole rings is 1. The first-order valence-corrected chi connectivity index (χ1v) is 8.63. The maximum Gasteiger partial charge on any atom is 0.432 e. The van der Waals surface area contributed by atoms with Crippen molar-refractivity contribution >= 4 is 41.7 Å². The highest BCUT2D eigenvalue weighted by molar-refractivity contribution is 7.50. The summed E-state index contributed by atoms with van der Waals surface area (Å²) < 4.78 is 11.6. The molecule has 0 aliphatic carbocycles. The molecule has 2 amide bonds. The van der Waals surface area contributed by atoms with Gasteiger partial charge in [0.25, 0.3) is 11.8 Å². The van der Waals surface area contributed by atoms with Gasteiger partial charge in [-0.3, -0.25) is 9.59 Å². The molecular formula is C10H14N5O6PS. The third-order valence-electron chi connectivity index (χ3n) is 3.09. The second-order valence-electron chi connectivity index (χ2n) is 4.58. The van der Waals surface area contributed by atoms with Crippen LogP contribution in [0.15, 0.2) is 10.5 Å². The zero-order chi connectivity index (χ0) is 17.4. The summed E-state index contributed by atoms with van der Waals surface area (Å²) in [4.78, 5) is 50.6. The molecule has 5 N–H and O–H groups in total. The molecule has 1 fully saturated rings. The third-order valence-corrected chi connectivity index (χ3v) is 4.89. The topological polar surface area (TPSA) is 167 Å². The van der Waals surface area contributed by atoms with Crippen LogP contribution in [0, 0.1) is 0 Å². The minimum absolute atomic E-state index is 0.165. The number of oxime groups is 1. The van der Waals surface area contributed by atoms with Crippen molar-refractivity contribution in [3.63, 3.8) is 0 Å². The summed E-state index contributed by atoms with van der Waals surface area (Å²) in [5.41, 5.74) is 5.46. The van der Waals surface area contributed by atoms with Gasteiger partial charge in [-0.1, -0.05) is 5.16 Å². The summed E-state index contributed by atoms with van der Waals surface area (Å²) in [6.45, 7) is 1.40. The van der Waals surface area contributed by atoms with Crippen molar-refractivity contribution in [1.82, 2.24) is 15.0 Å². The van der Waals surface area contributed by atoms with Gasteiger partial charge in [0.05, 0.1) is 6.04 Å². The molecule has 1 aliphatic rings. The standard InChI is InChI=1S/C10H14N5O6PS/c1-4-6(9(17)15(4)22(18,19)20)13-8(16)7(14-21-2)5-3-23-10(11)12-5/h3-4,6H,1-2H3,(H2,11,12)(H,13,16)(H2,18,19,20)/t4?,6-/m0/s1. The molecule has 1 aliphatic heterocycles. The summed E-state index contributed by atoms with van der Waals surface area (Å²) in [5.74, 6) is -1.65. The molecule has 11 nitrogen and oxygen atoms in total. The lowest BCUT2D eigenvalue weighted by Crippen LogP contribution is -2.68. The number of hydrogen-bond donors (Lipinski definition) is 4. The Labute approximate surface area is 134 Å². The monoisotopic (exact) mass is 363 g/mol. The Morgan fingerprint density at radius 1 is 1.61 bits per heavy atom. The third kappa shape index (κ3) is 3.34. The number of nitrogens with two attached hydrogens (primary N) is 1. The Hall–Kier alpha value is -2.01. The lowest BCUT2D eigenvalue weighted by molar-refractivity contribution is -0.145. The minimum Gasteiger partial charge on any atom is -0.398 e. The Kier molecular flexibility index (Phi) is 4.71. The van der Waals surface area contributed by atoms with Crippen molar-refractivity contribution in [1.29, 1.82) is 0 Å². The molecule has 126 valence electrons. The van der Waals surface area contributed by atoms with Crippen molar-refractivity contribution in [2.45, 2.75) is 19.0 Å². The molecule has 2 atom stereocenters. The van der Waals surface area contributed by atoms with E-state index >= 15 is 0 Å². The van der Waals surface area contributed by atoms with E-state index in [1.54, 1.807) is 0 Å². The average Bonchev–Trinajstić information content (AvgIpc) is 2.86. The molecule has 13 heteroatoms. The summed E-state index contributed by atoms with van der Waals surface area (Å²) >= 11 is 1.09. The van der Waals surface area contributed by atoms with E-state index in [1.165, 1.54) is 19.4 Å². The Balaban J connectivity index is 2.14. The molecule has 2 rings (SSSR count). The van der Waals surface area contributed by atoms with Crippen LogP contribution in [0.3, 0.4) is 0 Å². The first-order valence-electron chi connectivity index (χ1n) is 6.19. The van der Waals surface area contributed by atoms with Gasteiger partial charge in [0, 0.05) is 5.38 Å². The lowest BCUT2D eigenvalue weighted by atomic mass is 10.0. The maximum atomic E-state index is 12.2. The molecular weight excluding hydrogens is 349 g/mol. The molecule has 0 bridgehead atoms. The molecule has 1 aromatic rings.